The summed E-state index contributed by atoms with van der Waals surface area (Å²) in [6, 6.07) is 2.03. The molecule has 1 aromatic rings. The third kappa shape index (κ3) is 3.90. The van der Waals surface area contributed by atoms with Gasteiger partial charge in [-0.05, 0) is 26.8 Å². The summed E-state index contributed by atoms with van der Waals surface area (Å²) in [6.45, 7) is 6.58. The second-order valence-electron chi connectivity index (χ2n) is 6.05. The predicted octanol–water partition coefficient (Wildman–Crippen LogP) is 2.72. The van der Waals surface area contributed by atoms with Gasteiger partial charge in [-0.3, -0.25) is 0 Å². The van der Waals surface area contributed by atoms with Crippen molar-refractivity contribution in [2.75, 3.05) is 27.4 Å². The van der Waals surface area contributed by atoms with Crippen molar-refractivity contribution in [3.05, 3.63) is 23.5 Å². The van der Waals surface area contributed by atoms with Crippen LogP contribution in [0.4, 0.5) is 9.18 Å². The van der Waals surface area contributed by atoms with Crippen LogP contribution < -0.4 is 14.8 Å². The van der Waals surface area contributed by atoms with E-state index in [4.69, 9.17) is 14.2 Å². The van der Waals surface area contributed by atoms with Crippen LogP contribution in [-0.4, -0.2) is 50.4 Å². The van der Waals surface area contributed by atoms with Crippen LogP contribution >= 0.6 is 0 Å². The van der Waals surface area contributed by atoms with Gasteiger partial charge in [-0.15, -0.1) is 0 Å². The molecule has 1 aliphatic rings. The number of urea groups is 1. The lowest BCUT2D eigenvalue weighted by atomic mass is 10.1. The Labute approximate surface area is 141 Å². The minimum absolute atomic E-state index is 0.0138. The molecule has 2 amide bonds. The van der Waals surface area contributed by atoms with Crippen molar-refractivity contribution in [1.82, 2.24) is 10.2 Å². The van der Waals surface area contributed by atoms with Crippen LogP contribution in [0.25, 0.3) is 0 Å². The van der Waals surface area contributed by atoms with Crippen LogP contribution in [0, 0.1) is 5.82 Å². The molecule has 0 bridgehead atoms. The number of hydrogen-bond donors (Lipinski definition) is 1. The molecule has 0 aliphatic carbocycles. The number of rotatable bonds is 4. The molecular weight excluding hydrogens is 315 g/mol. The van der Waals surface area contributed by atoms with E-state index in [1.165, 1.54) is 20.3 Å². The Hall–Kier alpha value is -2.02. The van der Waals surface area contributed by atoms with Gasteiger partial charge in [0.25, 0.3) is 0 Å². The van der Waals surface area contributed by atoms with Crippen LogP contribution in [0.15, 0.2) is 12.1 Å². The van der Waals surface area contributed by atoms with E-state index >= 15 is 0 Å². The standard InChI is InChI=1S/C17H25FN2O4/c1-10-9-24-11(2)8-20(10)17(21)19-12(3)13-6-15(22-4)16(23-5)7-14(13)18/h6-7,10-12H,8-9H2,1-5H3,(H,19,21)/t10-,11-,12-/m0/s1. The van der Waals surface area contributed by atoms with Crippen molar-refractivity contribution in [3.8, 4) is 11.5 Å². The Morgan fingerprint density at radius 1 is 1.33 bits per heavy atom. The van der Waals surface area contributed by atoms with Crippen molar-refractivity contribution in [2.45, 2.75) is 39.0 Å². The highest BCUT2D eigenvalue weighted by molar-refractivity contribution is 5.75. The molecule has 2 rings (SSSR count). The molecule has 6 nitrogen and oxygen atoms in total. The fourth-order valence-electron chi connectivity index (χ4n) is 2.73. The number of benzene rings is 1. The van der Waals surface area contributed by atoms with Crippen LogP contribution in [0.3, 0.4) is 0 Å². The highest BCUT2D eigenvalue weighted by atomic mass is 19.1. The largest absolute Gasteiger partial charge is 0.493 e. The van der Waals surface area contributed by atoms with Crippen molar-refractivity contribution in [2.24, 2.45) is 0 Å². The second-order valence-corrected chi connectivity index (χ2v) is 6.05. The van der Waals surface area contributed by atoms with Gasteiger partial charge in [0.2, 0.25) is 0 Å². The van der Waals surface area contributed by atoms with Gasteiger partial charge in [0.05, 0.1) is 39.0 Å². The van der Waals surface area contributed by atoms with E-state index in [-0.39, 0.29) is 18.2 Å². The van der Waals surface area contributed by atoms with Gasteiger partial charge >= 0.3 is 6.03 Å². The molecule has 0 unspecified atom stereocenters. The molecule has 134 valence electrons. The Balaban J connectivity index is 2.14. The number of carbonyl (C=O) groups is 1. The zero-order valence-electron chi connectivity index (χ0n) is 14.8. The molecule has 1 saturated heterocycles. The average molecular weight is 340 g/mol. The average Bonchev–Trinajstić information content (AvgIpc) is 2.56. The number of methoxy groups -OCH3 is 2. The van der Waals surface area contributed by atoms with Gasteiger partial charge in [-0.25, -0.2) is 9.18 Å². The number of ether oxygens (including phenoxy) is 3. The summed E-state index contributed by atoms with van der Waals surface area (Å²) < 4.78 is 30.1. The van der Waals surface area contributed by atoms with Gasteiger partial charge in [0.15, 0.2) is 11.5 Å². The molecule has 0 radical (unpaired) electrons. The van der Waals surface area contributed by atoms with Gasteiger partial charge in [-0.2, -0.15) is 0 Å². The molecule has 3 atom stereocenters. The number of carbonyl (C=O) groups excluding carboxylic acids is 1. The van der Waals surface area contributed by atoms with Crippen molar-refractivity contribution in [1.29, 1.82) is 0 Å². The molecular formula is C17H25FN2O4. The summed E-state index contributed by atoms with van der Waals surface area (Å²) in [5.41, 5.74) is 0.343. The monoisotopic (exact) mass is 340 g/mol. The van der Waals surface area contributed by atoms with Crippen LogP contribution in [0.2, 0.25) is 0 Å². The molecule has 0 aromatic heterocycles. The summed E-state index contributed by atoms with van der Waals surface area (Å²) >= 11 is 0. The Morgan fingerprint density at radius 2 is 1.96 bits per heavy atom. The molecule has 24 heavy (non-hydrogen) atoms. The first-order valence-electron chi connectivity index (χ1n) is 7.97. The molecule has 0 spiro atoms. The minimum Gasteiger partial charge on any atom is -0.493 e. The normalized spacial score (nSPS) is 22.0. The van der Waals surface area contributed by atoms with E-state index in [0.29, 0.717) is 30.2 Å². The lowest BCUT2D eigenvalue weighted by molar-refractivity contribution is -0.0320. The van der Waals surface area contributed by atoms with E-state index in [2.05, 4.69) is 5.32 Å². The molecule has 1 aliphatic heterocycles. The van der Waals surface area contributed by atoms with Crippen molar-refractivity contribution < 1.29 is 23.4 Å². The van der Waals surface area contributed by atoms with E-state index < -0.39 is 11.9 Å². The number of amides is 2. The van der Waals surface area contributed by atoms with Crippen molar-refractivity contribution >= 4 is 6.03 Å². The third-order valence-electron chi connectivity index (χ3n) is 4.18. The first-order chi connectivity index (χ1) is 11.4. The van der Waals surface area contributed by atoms with Crippen molar-refractivity contribution in [3.63, 3.8) is 0 Å². The van der Waals surface area contributed by atoms with E-state index in [1.54, 1.807) is 17.9 Å². The number of morpholine rings is 1. The van der Waals surface area contributed by atoms with Gasteiger partial charge in [0.1, 0.15) is 5.82 Å². The lowest BCUT2D eigenvalue weighted by Gasteiger charge is -2.37. The summed E-state index contributed by atoms with van der Waals surface area (Å²) in [6.07, 6.45) is -0.0138. The maximum absolute atomic E-state index is 14.3. The second kappa shape index (κ2) is 7.70. The predicted molar refractivity (Wildman–Crippen MR) is 88.0 cm³/mol. The first-order valence-corrected chi connectivity index (χ1v) is 7.97. The van der Waals surface area contributed by atoms with Crippen LogP contribution in [0.1, 0.15) is 32.4 Å². The summed E-state index contributed by atoms with van der Waals surface area (Å²) in [5.74, 6) is 0.278. The lowest BCUT2D eigenvalue weighted by Crippen LogP contribution is -2.54. The first kappa shape index (κ1) is 18.3. The molecule has 1 N–H and O–H groups in total. The fraction of sp³-hybridized carbons (Fsp3) is 0.588. The summed E-state index contributed by atoms with van der Waals surface area (Å²) in [7, 11) is 2.93. The summed E-state index contributed by atoms with van der Waals surface area (Å²) in [4.78, 5) is 14.2. The highest BCUT2D eigenvalue weighted by Crippen LogP contribution is 2.32. The molecule has 7 heteroatoms. The zero-order valence-corrected chi connectivity index (χ0v) is 14.8. The van der Waals surface area contributed by atoms with Crippen LogP contribution in [0.5, 0.6) is 11.5 Å². The Morgan fingerprint density at radius 3 is 2.58 bits per heavy atom. The van der Waals surface area contributed by atoms with Crippen LogP contribution in [-0.2, 0) is 4.74 Å². The molecule has 1 heterocycles. The summed E-state index contributed by atoms with van der Waals surface area (Å²) in [5, 5.41) is 2.84. The van der Waals surface area contributed by atoms with Gasteiger partial charge < -0.3 is 24.4 Å². The number of hydrogen-bond acceptors (Lipinski definition) is 4. The minimum atomic E-state index is -0.511. The van der Waals surface area contributed by atoms with E-state index in [9.17, 15) is 9.18 Å². The quantitative estimate of drug-likeness (QED) is 0.915. The topological polar surface area (TPSA) is 60.0 Å². The van der Waals surface area contributed by atoms with E-state index in [1.807, 2.05) is 13.8 Å². The Kier molecular flexibility index (Phi) is 5.88. The van der Waals surface area contributed by atoms with Gasteiger partial charge in [-0.1, -0.05) is 0 Å². The highest BCUT2D eigenvalue weighted by Gasteiger charge is 2.29. The third-order valence-corrected chi connectivity index (χ3v) is 4.18. The van der Waals surface area contributed by atoms with E-state index in [0.717, 1.165) is 0 Å². The number of halogens is 1. The molecule has 0 saturated carbocycles. The number of nitrogens with one attached hydrogen (secondary N) is 1. The molecule has 1 aromatic carbocycles. The maximum atomic E-state index is 14.3. The number of nitrogens with zero attached hydrogens (tertiary/aromatic N) is 1. The Bertz CT molecular complexity index is 596. The smallest absolute Gasteiger partial charge is 0.318 e. The maximum Gasteiger partial charge on any atom is 0.318 e. The molecule has 1 fully saturated rings. The SMILES string of the molecule is COc1cc(F)c([C@H](C)NC(=O)N2C[C@H](C)OC[C@@H]2C)cc1OC. The fourth-order valence-corrected chi connectivity index (χ4v) is 2.73. The zero-order chi connectivity index (χ0) is 17.9. The van der Waals surface area contributed by atoms with Gasteiger partial charge in [0, 0.05) is 18.2 Å².